The zero-order valence-electron chi connectivity index (χ0n) is 27.9. The van der Waals surface area contributed by atoms with Gasteiger partial charge in [0, 0.05) is 43.4 Å². The van der Waals surface area contributed by atoms with Gasteiger partial charge in [-0.15, -0.1) is 0 Å². The van der Waals surface area contributed by atoms with Crippen molar-refractivity contribution in [1.82, 2.24) is 0 Å². The molecule has 1 aromatic carbocycles. The van der Waals surface area contributed by atoms with Gasteiger partial charge in [0.15, 0.2) is 11.5 Å². The van der Waals surface area contributed by atoms with Crippen LogP contribution < -0.4 is 14.2 Å². The molecule has 0 spiro atoms. The van der Waals surface area contributed by atoms with Gasteiger partial charge in [0.1, 0.15) is 5.75 Å². The molecule has 0 aromatic heterocycles. The van der Waals surface area contributed by atoms with Crippen molar-refractivity contribution in [2.24, 2.45) is 45.3 Å². The van der Waals surface area contributed by atoms with Gasteiger partial charge in [-0.2, -0.15) is 0 Å². The molecule has 236 valence electrons. The highest BCUT2D eigenvalue weighted by atomic mass is 16.6. The van der Waals surface area contributed by atoms with Crippen molar-refractivity contribution < 1.29 is 28.6 Å². The minimum Gasteiger partial charge on any atom is -0.426 e. The standard InChI is InChI=1S/C37H52O6/c1-21(38)41-25-20-26(42-22(2)39)32(43-23(3)40)31-24(25)19-30-36(8)17-12-28-34(6)15-10-14-33(4,5)27(34)11-16-35(28,7)29(36)13-18-37(30,31)9/h20,27-30H,10-19H2,1-9H3/t27-,28+,29+,30-,34-,35+,36+,37-/m0/s1. The minimum atomic E-state index is -0.515. The van der Waals surface area contributed by atoms with E-state index in [-0.39, 0.29) is 27.9 Å². The third-order valence-electron chi connectivity index (χ3n) is 14.0. The molecule has 0 bridgehead atoms. The topological polar surface area (TPSA) is 78.9 Å². The maximum absolute atomic E-state index is 12.4. The molecule has 0 N–H and O–H groups in total. The van der Waals surface area contributed by atoms with Gasteiger partial charge in [0.05, 0.1) is 0 Å². The molecule has 4 saturated carbocycles. The van der Waals surface area contributed by atoms with Crippen LogP contribution in [0.1, 0.15) is 131 Å². The van der Waals surface area contributed by atoms with E-state index in [9.17, 15) is 14.4 Å². The van der Waals surface area contributed by atoms with Gasteiger partial charge in [-0.05, 0) is 103 Å². The van der Waals surface area contributed by atoms with Crippen molar-refractivity contribution in [3.8, 4) is 17.2 Å². The Hall–Kier alpha value is -2.37. The SMILES string of the molecule is CC(=O)Oc1cc(OC(C)=O)c(OC(C)=O)c2c1C[C@H]1[C@]3(C)CC[C@H]4[C@@](C)(CC[C@H]5C(C)(C)CCC[C@]45C)[C@H]3CC[C@]21C. The Morgan fingerprint density at radius 1 is 0.628 bits per heavy atom. The molecule has 0 aliphatic heterocycles. The fraction of sp³-hybridized carbons (Fsp3) is 0.757. The first-order valence-electron chi connectivity index (χ1n) is 16.7. The molecule has 0 unspecified atom stereocenters. The minimum absolute atomic E-state index is 0.0766. The van der Waals surface area contributed by atoms with Crippen molar-refractivity contribution in [2.75, 3.05) is 0 Å². The predicted molar refractivity (Wildman–Crippen MR) is 165 cm³/mol. The van der Waals surface area contributed by atoms with E-state index in [0.29, 0.717) is 28.2 Å². The average molecular weight is 593 g/mol. The molecule has 8 atom stereocenters. The van der Waals surface area contributed by atoms with Crippen LogP contribution in [-0.4, -0.2) is 17.9 Å². The highest BCUT2D eigenvalue weighted by molar-refractivity contribution is 5.78. The largest absolute Gasteiger partial charge is 0.426 e. The van der Waals surface area contributed by atoms with E-state index in [4.69, 9.17) is 14.2 Å². The highest BCUT2D eigenvalue weighted by Gasteiger charge is 2.69. The Labute approximate surface area is 258 Å². The molecule has 6 heteroatoms. The van der Waals surface area contributed by atoms with E-state index >= 15 is 0 Å². The summed E-state index contributed by atoms with van der Waals surface area (Å²) in [6.45, 7) is 19.3. The van der Waals surface area contributed by atoms with Crippen LogP contribution in [0.25, 0.3) is 0 Å². The number of esters is 3. The van der Waals surface area contributed by atoms with Gasteiger partial charge in [0.25, 0.3) is 0 Å². The van der Waals surface area contributed by atoms with E-state index in [0.717, 1.165) is 42.2 Å². The molecule has 6 nitrogen and oxygen atoms in total. The van der Waals surface area contributed by atoms with Crippen LogP contribution in [0.3, 0.4) is 0 Å². The van der Waals surface area contributed by atoms with E-state index in [1.807, 2.05) is 0 Å². The van der Waals surface area contributed by atoms with Crippen LogP contribution in [0.15, 0.2) is 6.07 Å². The normalized spacial score (nSPS) is 40.6. The van der Waals surface area contributed by atoms with E-state index in [2.05, 4.69) is 41.5 Å². The van der Waals surface area contributed by atoms with Crippen molar-refractivity contribution in [1.29, 1.82) is 0 Å². The zero-order valence-corrected chi connectivity index (χ0v) is 27.9. The molecule has 0 amide bonds. The van der Waals surface area contributed by atoms with E-state index < -0.39 is 17.9 Å². The quantitative estimate of drug-likeness (QED) is 0.259. The van der Waals surface area contributed by atoms with Crippen LogP contribution in [-0.2, 0) is 26.2 Å². The smallest absolute Gasteiger partial charge is 0.308 e. The molecule has 1 aromatic rings. The molecular formula is C37H52O6. The third kappa shape index (κ3) is 4.35. The Morgan fingerprint density at radius 3 is 1.74 bits per heavy atom. The first-order valence-corrected chi connectivity index (χ1v) is 16.7. The first kappa shape index (κ1) is 30.6. The van der Waals surface area contributed by atoms with Gasteiger partial charge < -0.3 is 14.2 Å². The summed E-state index contributed by atoms with van der Waals surface area (Å²) in [6, 6.07) is 1.57. The van der Waals surface area contributed by atoms with Gasteiger partial charge in [-0.1, -0.05) is 48.0 Å². The summed E-state index contributed by atoms with van der Waals surface area (Å²) in [5.74, 6) is 1.89. The second kappa shape index (κ2) is 9.81. The molecule has 4 fully saturated rings. The number of ether oxygens (including phenoxy) is 3. The van der Waals surface area contributed by atoms with Crippen LogP contribution in [0.2, 0.25) is 0 Å². The van der Waals surface area contributed by atoms with Crippen molar-refractivity contribution in [3.05, 3.63) is 17.2 Å². The molecule has 0 saturated heterocycles. The highest BCUT2D eigenvalue weighted by Crippen LogP contribution is 2.76. The molecular weight excluding hydrogens is 540 g/mol. The molecule has 5 aliphatic rings. The fourth-order valence-corrected chi connectivity index (χ4v) is 12.7. The number of fused-ring (bicyclic) bond motifs is 9. The third-order valence-corrected chi connectivity index (χ3v) is 14.0. The van der Waals surface area contributed by atoms with Crippen molar-refractivity contribution >= 4 is 17.9 Å². The van der Waals surface area contributed by atoms with Crippen molar-refractivity contribution in [2.45, 2.75) is 132 Å². The summed E-state index contributed by atoms with van der Waals surface area (Å²) in [6.07, 6.45) is 11.9. The summed E-state index contributed by atoms with van der Waals surface area (Å²) < 4.78 is 17.3. The number of hydrogen-bond donors (Lipinski definition) is 0. The molecule has 6 rings (SSSR count). The van der Waals surface area contributed by atoms with E-state index in [1.165, 1.54) is 65.7 Å². The second-order valence-corrected chi connectivity index (χ2v) is 16.6. The molecule has 0 heterocycles. The summed E-state index contributed by atoms with van der Waals surface area (Å²) in [4.78, 5) is 36.8. The number of rotatable bonds is 3. The number of benzene rings is 1. The number of carbonyl (C=O) groups is 3. The van der Waals surface area contributed by atoms with Crippen LogP contribution in [0, 0.1) is 45.3 Å². The maximum atomic E-state index is 12.4. The van der Waals surface area contributed by atoms with Gasteiger partial charge in [0.2, 0.25) is 0 Å². The summed E-state index contributed by atoms with van der Waals surface area (Å²) in [5, 5.41) is 0. The Bertz CT molecular complexity index is 1380. The lowest BCUT2D eigenvalue weighted by molar-refractivity contribution is -0.216. The van der Waals surface area contributed by atoms with Crippen molar-refractivity contribution in [3.63, 3.8) is 0 Å². The number of hydrogen-bond acceptors (Lipinski definition) is 6. The lowest BCUT2D eigenvalue weighted by Crippen LogP contribution is -2.64. The molecule has 43 heavy (non-hydrogen) atoms. The lowest BCUT2D eigenvalue weighted by atomic mass is 9.34. The monoisotopic (exact) mass is 592 g/mol. The van der Waals surface area contributed by atoms with Gasteiger partial charge in [-0.25, -0.2) is 0 Å². The second-order valence-electron chi connectivity index (χ2n) is 16.6. The Balaban J connectivity index is 1.45. The maximum Gasteiger partial charge on any atom is 0.308 e. The first-order chi connectivity index (χ1) is 20.0. The molecule has 0 radical (unpaired) electrons. The molecule has 5 aliphatic carbocycles. The predicted octanol–water partition coefficient (Wildman–Crippen LogP) is 8.35. The van der Waals surface area contributed by atoms with Gasteiger partial charge >= 0.3 is 17.9 Å². The van der Waals surface area contributed by atoms with Gasteiger partial charge in [-0.3, -0.25) is 14.4 Å². The zero-order chi connectivity index (χ0) is 31.3. The number of carbonyl (C=O) groups excluding carboxylic acids is 3. The Morgan fingerprint density at radius 2 is 1.14 bits per heavy atom. The van der Waals surface area contributed by atoms with Crippen LogP contribution in [0.4, 0.5) is 0 Å². The summed E-state index contributed by atoms with van der Waals surface area (Å²) in [5.41, 5.74) is 2.66. The van der Waals surface area contributed by atoms with Crippen LogP contribution >= 0.6 is 0 Å². The summed E-state index contributed by atoms with van der Waals surface area (Å²) >= 11 is 0. The average Bonchev–Trinajstić information content (AvgIpc) is 3.19. The lowest BCUT2D eigenvalue weighted by Gasteiger charge is -2.71. The summed E-state index contributed by atoms with van der Waals surface area (Å²) in [7, 11) is 0. The van der Waals surface area contributed by atoms with Crippen LogP contribution in [0.5, 0.6) is 17.2 Å². The van der Waals surface area contributed by atoms with E-state index in [1.54, 1.807) is 6.07 Å². The Kier molecular flexibility index (Phi) is 6.99. The fourth-order valence-electron chi connectivity index (χ4n) is 12.7.